The maximum atomic E-state index is 13.2. The van der Waals surface area contributed by atoms with Crippen molar-refractivity contribution in [3.05, 3.63) is 83.4 Å². The summed E-state index contributed by atoms with van der Waals surface area (Å²) in [5.41, 5.74) is 3.34. The zero-order valence-corrected chi connectivity index (χ0v) is 19.9. The number of carbonyl (C=O) groups is 1. The van der Waals surface area contributed by atoms with Crippen LogP contribution >= 0.6 is 0 Å². The number of carbonyl (C=O) groups excluding carboxylic acids is 1. The molecule has 3 rings (SSSR count). The Bertz CT molecular complexity index is 1230. The van der Waals surface area contributed by atoms with Gasteiger partial charge >= 0.3 is 0 Å². The molecule has 33 heavy (non-hydrogen) atoms. The van der Waals surface area contributed by atoms with Crippen molar-refractivity contribution >= 4 is 21.6 Å². The minimum atomic E-state index is -4.04. The highest BCUT2D eigenvalue weighted by atomic mass is 32.2. The predicted octanol–water partition coefficient (Wildman–Crippen LogP) is 3.85. The summed E-state index contributed by atoms with van der Waals surface area (Å²) < 4.78 is 39.4. The van der Waals surface area contributed by atoms with Gasteiger partial charge in [-0.05, 0) is 55.2 Å². The smallest absolute Gasteiger partial charge is 0.242 e. The lowest BCUT2D eigenvalue weighted by atomic mass is 10.1. The summed E-state index contributed by atoms with van der Waals surface area (Å²) in [4.78, 5) is 13.2. The zero-order valence-electron chi connectivity index (χ0n) is 19.1. The number of rotatable bonds is 9. The van der Waals surface area contributed by atoms with Crippen molar-refractivity contribution in [1.29, 1.82) is 0 Å². The highest BCUT2D eigenvalue weighted by Crippen LogP contribution is 2.29. The minimum Gasteiger partial charge on any atom is -0.493 e. The number of anilines is 1. The van der Waals surface area contributed by atoms with Crippen LogP contribution in [0.25, 0.3) is 0 Å². The number of hydrogen-bond acceptors (Lipinski definition) is 5. The molecule has 0 saturated heterocycles. The van der Waals surface area contributed by atoms with Gasteiger partial charge in [0.25, 0.3) is 0 Å². The maximum absolute atomic E-state index is 13.2. The maximum Gasteiger partial charge on any atom is 0.242 e. The second-order valence-electron chi connectivity index (χ2n) is 7.69. The number of methoxy groups -OCH3 is 2. The van der Waals surface area contributed by atoms with Crippen molar-refractivity contribution in [3.8, 4) is 11.5 Å². The zero-order chi connectivity index (χ0) is 24.0. The van der Waals surface area contributed by atoms with Crippen molar-refractivity contribution in [2.45, 2.75) is 31.2 Å². The van der Waals surface area contributed by atoms with Crippen molar-refractivity contribution < 1.29 is 22.7 Å². The Balaban J connectivity index is 1.92. The lowest BCUT2D eigenvalue weighted by molar-refractivity contribution is -0.117. The van der Waals surface area contributed by atoms with Crippen LogP contribution in [0.15, 0.2) is 71.6 Å². The second-order valence-corrected chi connectivity index (χ2v) is 9.40. The molecule has 0 saturated carbocycles. The third-order valence-electron chi connectivity index (χ3n) is 5.21. The molecule has 0 aliphatic rings. The molecular weight excluding hydrogens is 440 g/mol. The molecule has 0 aliphatic carbocycles. The van der Waals surface area contributed by atoms with E-state index in [0.717, 1.165) is 16.7 Å². The van der Waals surface area contributed by atoms with E-state index < -0.39 is 22.0 Å². The van der Waals surface area contributed by atoms with Crippen LogP contribution in [0.1, 0.15) is 16.7 Å². The average molecular weight is 469 g/mol. The molecule has 0 unspecified atom stereocenters. The molecule has 3 aromatic rings. The standard InChI is InChI=1S/C25H28N2O5S/c1-17-10-11-18(2)21(14-17)26-25(28)22(15-19-8-6-5-7-9-19)27-33(29,30)20-12-13-23(31-3)24(16-20)32-4/h5-14,16,22,27H,15H2,1-4H3,(H,26,28)/t22-/m0/s1. The Hall–Kier alpha value is -3.36. The van der Waals surface area contributed by atoms with E-state index in [1.165, 1.54) is 32.4 Å². The summed E-state index contributed by atoms with van der Waals surface area (Å²) in [6.45, 7) is 3.81. The summed E-state index contributed by atoms with van der Waals surface area (Å²) in [5, 5.41) is 2.88. The van der Waals surface area contributed by atoms with Crippen molar-refractivity contribution in [2.75, 3.05) is 19.5 Å². The van der Waals surface area contributed by atoms with E-state index in [-0.39, 0.29) is 17.1 Å². The fraction of sp³-hybridized carbons (Fsp3) is 0.240. The van der Waals surface area contributed by atoms with Crippen molar-refractivity contribution in [3.63, 3.8) is 0 Å². The third-order valence-corrected chi connectivity index (χ3v) is 6.68. The lowest BCUT2D eigenvalue weighted by Gasteiger charge is -2.20. The van der Waals surface area contributed by atoms with Gasteiger partial charge in [-0.3, -0.25) is 4.79 Å². The molecular formula is C25H28N2O5S. The van der Waals surface area contributed by atoms with Gasteiger partial charge < -0.3 is 14.8 Å². The van der Waals surface area contributed by atoms with Gasteiger partial charge in [0.15, 0.2) is 11.5 Å². The first-order chi connectivity index (χ1) is 15.7. The first kappa shape index (κ1) is 24.3. The minimum absolute atomic E-state index is 0.0299. The van der Waals surface area contributed by atoms with E-state index in [4.69, 9.17) is 9.47 Å². The van der Waals surface area contributed by atoms with Crippen LogP contribution in [0.2, 0.25) is 0 Å². The molecule has 174 valence electrons. The van der Waals surface area contributed by atoms with Gasteiger partial charge in [-0.1, -0.05) is 42.5 Å². The summed E-state index contributed by atoms with van der Waals surface area (Å²) in [7, 11) is -1.14. The number of ether oxygens (including phenoxy) is 2. The predicted molar refractivity (Wildman–Crippen MR) is 128 cm³/mol. The third kappa shape index (κ3) is 6.12. The monoisotopic (exact) mass is 468 g/mol. The Labute approximate surface area is 194 Å². The van der Waals surface area contributed by atoms with E-state index in [2.05, 4.69) is 10.0 Å². The van der Waals surface area contributed by atoms with Gasteiger partial charge in [-0.25, -0.2) is 8.42 Å². The highest BCUT2D eigenvalue weighted by Gasteiger charge is 2.27. The molecule has 1 atom stereocenters. The van der Waals surface area contributed by atoms with Gasteiger partial charge in [0.05, 0.1) is 19.1 Å². The Kier molecular flexibility index (Phi) is 7.73. The first-order valence-corrected chi connectivity index (χ1v) is 11.9. The number of hydrogen-bond donors (Lipinski definition) is 2. The largest absolute Gasteiger partial charge is 0.493 e. The Morgan fingerprint density at radius 1 is 0.909 bits per heavy atom. The number of amides is 1. The van der Waals surface area contributed by atoms with Crippen LogP contribution in [-0.2, 0) is 21.2 Å². The quantitative estimate of drug-likeness (QED) is 0.498. The molecule has 0 heterocycles. The van der Waals surface area contributed by atoms with Crippen LogP contribution in [0.5, 0.6) is 11.5 Å². The number of aryl methyl sites for hydroxylation is 2. The molecule has 0 aliphatic heterocycles. The molecule has 2 N–H and O–H groups in total. The molecule has 7 nitrogen and oxygen atoms in total. The molecule has 0 bridgehead atoms. The molecule has 0 aromatic heterocycles. The van der Waals surface area contributed by atoms with Crippen LogP contribution in [0.4, 0.5) is 5.69 Å². The molecule has 8 heteroatoms. The van der Waals surface area contributed by atoms with E-state index in [1.807, 2.05) is 62.4 Å². The van der Waals surface area contributed by atoms with E-state index >= 15 is 0 Å². The fourth-order valence-electron chi connectivity index (χ4n) is 3.37. The average Bonchev–Trinajstić information content (AvgIpc) is 2.81. The molecule has 3 aromatic carbocycles. The fourth-order valence-corrected chi connectivity index (χ4v) is 4.58. The number of benzene rings is 3. The normalized spacial score (nSPS) is 12.1. The summed E-state index contributed by atoms with van der Waals surface area (Å²) in [5.74, 6) is 0.237. The second kappa shape index (κ2) is 10.5. The van der Waals surface area contributed by atoms with Gasteiger partial charge in [-0.15, -0.1) is 0 Å². The van der Waals surface area contributed by atoms with Gasteiger partial charge in [0, 0.05) is 11.8 Å². The Morgan fingerprint density at radius 2 is 1.61 bits per heavy atom. The van der Waals surface area contributed by atoms with Gasteiger partial charge in [-0.2, -0.15) is 4.72 Å². The van der Waals surface area contributed by atoms with Crippen LogP contribution in [0, 0.1) is 13.8 Å². The van der Waals surface area contributed by atoms with Crippen LogP contribution in [-0.4, -0.2) is 34.6 Å². The topological polar surface area (TPSA) is 93.7 Å². The summed E-state index contributed by atoms with van der Waals surface area (Å²) in [6.07, 6.45) is 0.185. The lowest BCUT2D eigenvalue weighted by Crippen LogP contribution is -2.45. The van der Waals surface area contributed by atoms with Crippen molar-refractivity contribution in [2.24, 2.45) is 0 Å². The first-order valence-electron chi connectivity index (χ1n) is 10.4. The van der Waals surface area contributed by atoms with Crippen LogP contribution < -0.4 is 19.5 Å². The number of sulfonamides is 1. The van der Waals surface area contributed by atoms with E-state index in [0.29, 0.717) is 11.4 Å². The van der Waals surface area contributed by atoms with Gasteiger partial charge in [0.2, 0.25) is 15.9 Å². The van der Waals surface area contributed by atoms with Gasteiger partial charge in [0.1, 0.15) is 6.04 Å². The highest BCUT2D eigenvalue weighted by molar-refractivity contribution is 7.89. The molecule has 0 fully saturated rings. The van der Waals surface area contributed by atoms with E-state index in [1.54, 1.807) is 0 Å². The summed E-state index contributed by atoms with van der Waals surface area (Å²) in [6, 6.07) is 18.2. The molecule has 1 amide bonds. The Morgan fingerprint density at radius 3 is 2.27 bits per heavy atom. The van der Waals surface area contributed by atoms with Crippen LogP contribution in [0.3, 0.4) is 0 Å². The number of nitrogens with one attached hydrogen (secondary N) is 2. The SMILES string of the molecule is COc1ccc(S(=O)(=O)N[C@@H](Cc2ccccc2)C(=O)Nc2cc(C)ccc2C)cc1OC. The van der Waals surface area contributed by atoms with Crippen molar-refractivity contribution in [1.82, 2.24) is 4.72 Å². The van der Waals surface area contributed by atoms with E-state index in [9.17, 15) is 13.2 Å². The summed E-state index contributed by atoms with van der Waals surface area (Å²) >= 11 is 0. The molecule has 0 spiro atoms. The molecule has 0 radical (unpaired) electrons.